The summed E-state index contributed by atoms with van der Waals surface area (Å²) < 4.78 is 0. The molecule has 0 aliphatic carbocycles. The second-order valence-corrected chi connectivity index (χ2v) is 5.99. The van der Waals surface area contributed by atoms with E-state index in [4.69, 9.17) is 0 Å². The third kappa shape index (κ3) is 2.67. The highest BCUT2D eigenvalue weighted by atomic mass is 16.1. The molecule has 0 spiro atoms. The predicted octanol–water partition coefficient (Wildman–Crippen LogP) is 2.68. The summed E-state index contributed by atoms with van der Waals surface area (Å²) in [5, 5.41) is 0. The van der Waals surface area contributed by atoms with E-state index in [9.17, 15) is 4.79 Å². The molecule has 3 rings (SSSR count). The van der Waals surface area contributed by atoms with Crippen LogP contribution in [0.5, 0.6) is 0 Å². The van der Waals surface area contributed by atoms with E-state index in [2.05, 4.69) is 19.9 Å². The summed E-state index contributed by atoms with van der Waals surface area (Å²) in [6.45, 7) is 6.10. The molecule has 0 saturated carbocycles. The van der Waals surface area contributed by atoms with Gasteiger partial charge >= 0.3 is 0 Å². The van der Waals surface area contributed by atoms with Crippen LogP contribution in [0.1, 0.15) is 26.5 Å². The van der Waals surface area contributed by atoms with Crippen LogP contribution in [0.2, 0.25) is 0 Å². The molecule has 106 valence electrons. The van der Waals surface area contributed by atoms with Crippen LogP contribution in [0.4, 0.5) is 0 Å². The van der Waals surface area contributed by atoms with Crippen LogP contribution in [0.3, 0.4) is 0 Å². The summed E-state index contributed by atoms with van der Waals surface area (Å²) in [5.74, 6) is 0.556. The summed E-state index contributed by atoms with van der Waals surface area (Å²) in [6, 6.07) is 7.19. The van der Waals surface area contributed by atoms with Crippen LogP contribution in [0.25, 0.3) is 22.4 Å². The fourth-order valence-electron chi connectivity index (χ4n) is 2.09. The van der Waals surface area contributed by atoms with Gasteiger partial charge < -0.3 is 4.98 Å². The van der Waals surface area contributed by atoms with Crippen molar-refractivity contribution < 1.29 is 0 Å². The number of fused-ring (bicyclic) bond motifs is 1. The van der Waals surface area contributed by atoms with Crippen molar-refractivity contribution in [1.82, 2.24) is 19.9 Å². The standard InChI is InChI=1S/C16H16N4O/c1-16(2,3)13-9-14(21)20-15(19-13)10-4-5-11-12(8-10)18-7-6-17-11/h4-9H,1-3H3,(H,19,20,21). The van der Waals surface area contributed by atoms with Crippen LogP contribution in [-0.2, 0) is 5.41 Å². The summed E-state index contributed by atoms with van der Waals surface area (Å²) in [6.07, 6.45) is 3.30. The lowest BCUT2D eigenvalue weighted by molar-refractivity contribution is 0.566. The van der Waals surface area contributed by atoms with Crippen molar-refractivity contribution in [1.29, 1.82) is 0 Å². The smallest absolute Gasteiger partial charge is 0.251 e. The van der Waals surface area contributed by atoms with Gasteiger partial charge in [0.1, 0.15) is 5.82 Å². The topological polar surface area (TPSA) is 71.5 Å². The van der Waals surface area contributed by atoms with Gasteiger partial charge in [-0.2, -0.15) is 0 Å². The number of rotatable bonds is 1. The molecule has 0 unspecified atom stereocenters. The Labute approximate surface area is 122 Å². The zero-order valence-electron chi connectivity index (χ0n) is 12.2. The van der Waals surface area contributed by atoms with E-state index in [0.717, 1.165) is 22.3 Å². The van der Waals surface area contributed by atoms with Crippen LogP contribution >= 0.6 is 0 Å². The summed E-state index contributed by atoms with van der Waals surface area (Å²) in [5.41, 5.74) is 2.85. The Kier molecular flexibility index (Phi) is 3.05. The van der Waals surface area contributed by atoms with Gasteiger partial charge in [0, 0.05) is 29.4 Å². The van der Waals surface area contributed by atoms with Crippen molar-refractivity contribution >= 4 is 11.0 Å². The van der Waals surface area contributed by atoms with Crippen LogP contribution in [-0.4, -0.2) is 19.9 Å². The minimum absolute atomic E-state index is 0.149. The summed E-state index contributed by atoms with van der Waals surface area (Å²) in [7, 11) is 0. The molecular weight excluding hydrogens is 264 g/mol. The molecule has 0 radical (unpaired) electrons. The van der Waals surface area contributed by atoms with E-state index in [1.807, 2.05) is 39.0 Å². The summed E-state index contributed by atoms with van der Waals surface area (Å²) >= 11 is 0. The van der Waals surface area contributed by atoms with Gasteiger partial charge in [0.15, 0.2) is 0 Å². The van der Waals surface area contributed by atoms with Crippen LogP contribution in [0, 0.1) is 0 Å². The van der Waals surface area contributed by atoms with Gasteiger partial charge in [-0.3, -0.25) is 14.8 Å². The Morgan fingerprint density at radius 1 is 1.00 bits per heavy atom. The number of aromatic nitrogens is 4. The van der Waals surface area contributed by atoms with Crippen LogP contribution < -0.4 is 5.56 Å². The highest BCUT2D eigenvalue weighted by Crippen LogP contribution is 2.23. The molecule has 0 bridgehead atoms. The van der Waals surface area contributed by atoms with Gasteiger partial charge in [-0.25, -0.2) is 4.98 Å². The first-order valence-corrected chi connectivity index (χ1v) is 6.76. The molecule has 1 aromatic carbocycles. The van der Waals surface area contributed by atoms with E-state index >= 15 is 0 Å². The van der Waals surface area contributed by atoms with Gasteiger partial charge in [-0.15, -0.1) is 0 Å². The average molecular weight is 280 g/mol. The number of nitrogens with zero attached hydrogens (tertiary/aromatic N) is 3. The maximum atomic E-state index is 11.9. The minimum Gasteiger partial charge on any atom is -0.307 e. The van der Waals surface area contributed by atoms with Gasteiger partial charge in [0.25, 0.3) is 5.56 Å². The first kappa shape index (κ1) is 13.4. The molecule has 0 aliphatic rings. The van der Waals surface area contributed by atoms with Gasteiger partial charge in [0.05, 0.1) is 16.7 Å². The fraction of sp³-hybridized carbons (Fsp3) is 0.250. The van der Waals surface area contributed by atoms with E-state index in [0.29, 0.717) is 5.82 Å². The van der Waals surface area contributed by atoms with E-state index in [-0.39, 0.29) is 11.0 Å². The van der Waals surface area contributed by atoms with Crippen molar-refractivity contribution in [3.8, 4) is 11.4 Å². The SMILES string of the molecule is CC(C)(C)c1cc(=O)[nH]c(-c2ccc3nccnc3c2)n1. The van der Waals surface area contributed by atoms with Crippen LogP contribution in [0.15, 0.2) is 41.5 Å². The molecule has 0 saturated heterocycles. The van der Waals surface area contributed by atoms with E-state index in [1.165, 1.54) is 0 Å². The largest absolute Gasteiger partial charge is 0.307 e. The first-order chi connectivity index (χ1) is 9.93. The normalized spacial score (nSPS) is 11.8. The number of hydrogen-bond donors (Lipinski definition) is 1. The Balaban J connectivity index is 2.18. The lowest BCUT2D eigenvalue weighted by Gasteiger charge is -2.17. The second-order valence-electron chi connectivity index (χ2n) is 5.99. The molecule has 2 aromatic heterocycles. The number of benzene rings is 1. The van der Waals surface area contributed by atoms with Gasteiger partial charge in [-0.05, 0) is 18.2 Å². The molecule has 0 fully saturated rings. The highest BCUT2D eigenvalue weighted by Gasteiger charge is 2.17. The maximum absolute atomic E-state index is 11.9. The third-order valence-electron chi connectivity index (χ3n) is 3.25. The average Bonchev–Trinajstić information content (AvgIpc) is 2.45. The Bertz CT molecular complexity index is 862. The molecule has 3 aromatic rings. The molecule has 2 heterocycles. The summed E-state index contributed by atoms with van der Waals surface area (Å²) in [4.78, 5) is 27.7. The first-order valence-electron chi connectivity index (χ1n) is 6.76. The van der Waals surface area contributed by atoms with Crippen molar-refractivity contribution in [2.24, 2.45) is 0 Å². The minimum atomic E-state index is -0.181. The quantitative estimate of drug-likeness (QED) is 0.744. The molecular formula is C16H16N4O. The Morgan fingerprint density at radius 2 is 1.71 bits per heavy atom. The second kappa shape index (κ2) is 4.77. The van der Waals surface area contributed by atoms with Gasteiger partial charge in [0.2, 0.25) is 0 Å². The molecule has 0 amide bonds. The third-order valence-corrected chi connectivity index (χ3v) is 3.25. The number of H-pyrrole nitrogens is 1. The lowest BCUT2D eigenvalue weighted by Crippen LogP contribution is -2.19. The molecule has 0 atom stereocenters. The van der Waals surface area contributed by atoms with Crippen molar-refractivity contribution in [2.75, 3.05) is 0 Å². The predicted molar refractivity (Wildman–Crippen MR) is 82.1 cm³/mol. The number of nitrogens with one attached hydrogen (secondary N) is 1. The fourth-order valence-corrected chi connectivity index (χ4v) is 2.09. The Morgan fingerprint density at radius 3 is 2.43 bits per heavy atom. The van der Waals surface area contributed by atoms with E-state index < -0.39 is 0 Å². The van der Waals surface area contributed by atoms with Crippen molar-refractivity contribution in [3.05, 3.63) is 52.7 Å². The number of hydrogen-bond acceptors (Lipinski definition) is 4. The lowest BCUT2D eigenvalue weighted by atomic mass is 9.92. The molecule has 5 nitrogen and oxygen atoms in total. The zero-order chi connectivity index (χ0) is 15.0. The zero-order valence-corrected chi connectivity index (χ0v) is 12.2. The molecule has 1 N–H and O–H groups in total. The van der Waals surface area contributed by atoms with Crippen molar-refractivity contribution in [3.63, 3.8) is 0 Å². The molecule has 5 heteroatoms. The maximum Gasteiger partial charge on any atom is 0.251 e. The monoisotopic (exact) mass is 280 g/mol. The van der Waals surface area contributed by atoms with Crippen molar-refractivity contribution in [2.45, 2.75) is 26.2 Å². The molecule has 21 heavy (non-hydrogen) atoms. The van der Waals surface area contributed by atoms with Gasteiger partial charge in [-0.1, -0.05) is 20.8 Å². The Hall–Kier alpha value is -2.56. The number of aromatic amines is 1. The highest BCUT2D eigenvalue weighted by molar-refractivity contribution is 5.79. The molecule has 0 aliphatic heterocycles. The van der Waals surface area contributed by atoms with E-state index in [1.54, 1.807) is 18.5 Å².